The molecular weight excluding hydrogens is 788 g/mol. The number of aromatic nitrogens is 1. The molecule has 4 aromatic carbocycles. The third-order valence-electron chi connectivity index (χ3n) is 11.9. The van der Waals surface area contributed by atoms with Gasteiger partial charge in [-0.1, -0.05) is 120 Å². The second kappa shape index (κ2) is 17.2. The summed E-state index contributed by atoms with van der Waals surface area (Å²) in [5, 5.41) is 5.21. The number of ether oxygens (including phenoxy) is 4. The zero-order valence-corrected chi connectivity index (χ0v) is 37.7. The fourth-order valence-electron chi connectivity index (χ4n) is 8.25. The molecule has 2 saturated heterocycles. The minimum atomic E-state index is -2.24. The number of carbonyl (C=O) groups excluding carboxylic acids is 1. The number of nitrogens with one attached hydrogen (secondary N) is 1. The number of hydrogen-bond acceptors (Lipinski definition) is 9. The van der Waals surface area contributed by atoms with Crippen LogP contribution in [0.15, 0.2) is 106 Å². The summed E-state index contributed by atoms with van der Waals surface area (Å²) in [7, 11) is -2.24. The van der Waals surface area contributed by atoms with Crippen LogP contribution in [-0.2, 0) is 36.4 Å². The first-order valence-electron chi connectivity index (χ1n) is 21.1. The lowest BCUT2D eigenvalue weighted by Gasteiger charge is -2.48. The van der Waals surface area contributed by atoms with Crippen LogP contribution in [0.5, 0.6) is 0 Å². The van der Waals surface area contributed by atoms with Gasteiger partial charge in [-0.05, 0) is 78.5 Å². The van der Waals surface area contributed by atoms with E-state index in [2.05, 4.69) is 91.7 Å². The van der Waals surface area contributed by atoms with Crippen molar-refractivity contribution < 1.29 is 36.7 Å². The lowest BCUT2D eigenvalue weighted by atomic mass is 9.81. The van der Waals surface area contributed by atoms with Gasteiger partial charge in [-0.15, -0.1) is 0 Å². The van der Waals surface area contributed by atoms with Crippen molar-refractivity contribution in [3.8, 4) is 0 Å². The average molecular weight is 845 g/mol. The van der Waals surface area contributed by atoms with E-state index in [1.54, 1.807) is 24.4 Å². The summed E-state index contributed by atoms with van der Waals surface area (Å²) in [5.74, 6) is -0.422. The van der Waals surface area contributed by atoms with Gasteiger partial charge in [0.2, 0.25) is 0 Å². The lowest BCUT2D eigenvalue weighted by molar-refractivity contribution is -0.339. The molecule has 1 N–H and O–H groups in total. The normalized spacial score (nSPS) is 21.9. The molecule has 0 aliphatic carbocycles. The number of hydrogen-bond donors (Lipinski definition) is 1. The fraction of sp³-hybridized carbons (Fsp3) is 0.400. The molecule has 0 spiro atoms. The summed E-state index contributed by atoms with van der Waals surface area (Å²) in [6, 6.07) is 28.3. The van der Waals surface area contributed by atoms with Crippen LogP contribution < -0.4 is 9.84 Å². The van der Waals surface area contributed by atoms with Crippen LogP contribution in [0, 0.1) is 27.7 Å². The van der Waals surface area contributed by atoms with Crippen LogP contribution >= 0.6 is 8.24 Å². The Morgan fingerprint density at radius 2 is 1.34 bits per heavy atom. The third kappa shape index (κ3) is 8.81. The molecule has 6 atom stereocenters. The highest BCUT2D eigenvalue weighted by atomic mass is 31.1. The minimum Gasteiger partial charge on any atom is -0.399 e. The maximum absolute atomic E-state index is 14.2. The molecule has 1 unspecified atom stereocenters. The molecule has 6 aromatic rings. The molecule has 10 nitrogen and oxygen atoms in total. The van der Waals surface area contributed by atoms with E-state index in [0.717, 1.165) is 66.4 Å². The quantitative estimate of drug-likeness (QED) is 0.160. The highest BCUT2D eigenvalue weighted by Gasteiger charge is 2.53. The molecular formula is C50H57N2O8P. The van der Waals surface area contributed by atoms with Crippen LogP contribution in [0.3, 0.4) is 0 Å². The molecule has 2 aliphatic rings. The van der Waals surface area contributed by atoms with Gasteiger partial charge in [0, 0.05) is 33.7 Å². The third-order valence-corrected chi connectivity index (χ3v) is 12.9. The van der Waals surface area contributed by atoms with Crippen molar-refractivity contribution in [2.75, 3.05) is 6.61 Å². The van der Waals surface area contributed by atoms with Gasteiger partial charge in [-0.25, -0.2) is 0 Å². The number of pyridine rings is 1. The average Bonchev–Trinajstić information content (AvgIpc) is 3.41. The Kier molecular flexibility index (Phi) is 12.1. The molecule has 11 heteroatoms. The smallest absolute Gasteiger partial charge is 0.387 e. The molecule has 0 radical (unpaired) electrons. The van der Waals surface area contributed by atoms with Gasteiger partial charge < -0.3 is 32.7 Å². The molecule has 2 aliphatic heterocycles. The molecule has 0 bridgehead atoms. The van der Waals surface area contributed by atoms with Crippen LogP contribution in [0.1, 0.15) is 103 Å². The predicted molar refractivity (Wildman–Crippen MR) is 238 cm³/mol. The van der Waals surface area contributed by atoms with E-state index in [1.807, 2.05) is 60.7 Å². The highest BCUT2D eigenvalue weighted by Crippen LogP contribution is 2.47. The minimum absolute atomic E-state index is 0.181. The standard InChI is InChI=1S/C50H57N2O8P/c1-29-25-35(49(5,6)7)42-39(31(29)3)40-32(4)30(2)26-36(50(8,9)10)43(40)59-61(58-42)60-45-41(52-46(53)37-23-17-18-24-51-37)48(54-27-33-19-13-11-14-20-33)56-38-28-55-47(57-44(38)45)34-21-15-12-16-22-34/h11-26,38,41,44-45,47-48H,27-28H2,1-10H3,(H,52,53)/t38-,41-,44-,45-,47-,48?/m1/s1. The van der Waals surface area contributed by atoms with Gasteiger partial charge >= 0.3 is 8.24 Å². The van der Waals surface area contributed by atoms with E-state index in [-0.39, 0.29) is 29.7 Å². The van der Waals surface area contributed by atoms with Crippen molar-refractivity contribution >= 4 is 36.1 Å². The van der Waals surface area contributed by atoms with Gasteiger partial charge in [0.1, 0.15) is 41.2 Å². The van der Waals surface area contributed by atoms with Crippen molar-refractivity contribution in [3.63, 3.8) is 0 Å². The van der Waals surface area contributed by atoms with Crippen LogP contribution in [0.4, 0.5) is 0 Å². The Hall–Kier alpha value is -4.80. The summed E-state index contributed by atoms with van der Waals surface area (Å²) in [4.78, 5) is 18.5. The van der Waals surface area contributed by atoms with E-state index in [1.165, 1.54) is 0 Å². The topological polar surface area (TPSA) is 114 Å². The Morgan fingerprint density at radius 1 is 0.770 bits per heavy atom. The Morgan fingerprint density at radius 3 is 1.90 bits per heavy atom. The van der Waals surface area contributed by atoms with E-state index in [4.69, 9.17) is 31.9 Å². The van der Waals surface area contributed by atoms with E-state index in [9.17, 15) is 4.79 Å². The fourth-order valence-corrected chi connectivity index (χ4v) is 9.50. The molecule has 8 rings (SSSR count). The van der Waals surface area contributed by atoms with Crippen molar-refractivity contribution in [2.45, 2.75) is 124 Å². The van der Waals surface area contributed by atoms with Crippen molar-refractivity contribution in [3.05, 3.63) is 147 Å². The summed E-state index contributed by atoms with van der Waals surface area (Å²) >= 11 is 0. The summed E-state index contributed by atoms with van der Waals surface area (Å²) in [5.41, 5.74) is 9.47. The molecule has 1 amide bonds. The van der Waals surface area contributed by atoms with Crippen LogP contribution in [-0.4, -0.2) is 48.1 Å². The zero-order chi connectivity index (χ0) is 43.2. The number of amides is 1. The second-order valence-electron chi connectivity index (χ2n) is 18.3. The lowest BCUT2D eigenvalue weighted by Crippen LogP contribution is -2.68. The van der Waals surface area contributed by atoms with Crippen molar-refractivity contribution in [1.29, 1.82) is 0 Å². The number of carbonyl (C=O) groups is 1. The monoisotopic (exact) mass is 844 g/mol. The Bertz CT molecular complexity index is 2480. The number of aryl methyl sites for hydroxylation is 4. The summed E-state index contributed by atoms with van der Waals surface area (Å²) < 4.78 is 48.3. The molecule has 320 valence electrons. The van der Waals surface area contributed by atoms with Gasteiger partial charge in [-0.3, -0.25) is 14.3 Å². The van der Waals surface area contributed by atoms with Crippen molar-refractivity contribution in [2.24, 2.45) is 0 Å². The largest absolute Gasteiger partial charge is 0.399 e. The first-order chi connectivity index (χ1) is 29.1. The van der Waals surface area contributed by atoms with Crippen molar-refractivity contribution in [1.82, 2.24) is 10.3 Å². The maximum atomic E-state index is 14.2. The molecule has 0 saturated carbocycles. The summed E-state index contributed by atoms with van der Waals surface area (Å²) in [6.45, 7) is 22.2. The Labute approximate surface area is 359 Å². The van der Waals surface area contributed by atoms with Crippen LogP contribution in [0.2, 0.25) is 0 Å². The van der Waals surface area contributed by atoms with Crippen LogP contribution in [0.25, 0.3) is 21.9 Å². The number of fused-ring (bicyclic) bond motifs is 4. The maximum Gasteiger partial charge on any atom is 0.387 e. The molecule has 2 aromatic heterocycles. The van der Waals surface area contributed by atoms with Gasteiger partial charge in [0.05, 0.1) is 13.2 Å². The van der Waals surface area contributed by atoms with Gasteiger partial charge in [-0.2, -0.15) is 0 Å². The Balaban J connectivity index is 1.36. The first-order valence-corrected chi connectivity index (χ1v) is 22.2. The second-order valence-corrected chi connectivity index (χ2v) is 19.4. The van der Waals surface area contributed by atoms with E-state index in [0.29, 0.717) is 0 Å². The number of nitrogens with zero attached hydrogens (tertiary/aromatic N) is 1. The first kappa shape index (κ1) is 42.9. The molecule has 4 heterocycles. The van der Waals surface area contributed by atoms with E-state index < -0.39 is 51.1 Å². The zero-order valence-electron chi connectivity index (χ0n) is 36.8. The predicted octanol–water partition coefficient (Wildman–Crippen LogP) is 11.2. The molecule has 61 heavy (non-hydrogen) atoms. The summed E-state index contributed by atoms with van der Waals surface area (Å²) in [6.07, 6.45) is -2.46. The number of benzene rings is 4. The van der Waals surface area contributed by atoms with Gasteiger partial charge in [0.25, 0.3) is 5.91 Å². The SMILES string of the molecule is Cc1cc(C(C)(C)C)c2op(O[C@H]3[C@@H]4O[C@H](c5ccccc5)OC[C@H]4OC(OCc4ccccc4)[C@@H]3NC(=O)c3ccccn3)oc3c(C(C)(C)C)cc(C)c(C)c3c2c1C. The van der Waals surface area contributed by atoms with Gasteiger partial charge in [0.15, 0.2) is 12.6 Å². The van der Waals surface area contributed by atoms with E-state index >= 15 is 0 Å². The molecule has 2 fully saturated rings. The highest BCUT2D eigenvalue weighted by molar-refractivity contribution is 7.31. The number of rotatable bonds is 8.